The van der Waals surface area contributed by atoms with Gasteiger partial charge < -0.3 is 20.8 Å². The number of hydrogen-bond acceptors (Lipinski definition) is 6. The van der Waals surface area contributed by atoms with E-state index < -0.39 is 35.1 Å². The fourth-order valence-electron chi connectivity index (χ4n) is 4.44. The van der Waals surface area contributed by atoms with Crippen molar-refractivity contribution in [3.05, 3.63) is 37.5 Å². The van der Waals surface area contributed by atoms with E-state index in [-0.39, 0.29) is 36.9 Å². The van der Waals surface area contributed by atoms with Crippen LogP contribution in [0.25, 0.3) is 0 Å². The van der Waals surface area contributed by atoms with Crippen molar-refractivity contribution < 1.29 is 24.6 Å². The molecule has 0 aliphatic carbocycles. The van der Waals surface area contributed by atoms with Crippen LogP contribution in [-0.2, 0) is 14.4 Å². The molecular formula is C27H44N2O5. The molecule has 0 radical (unpaired) electrons. The topological polar surface area (TPSA) is 121 Å². The maximum atomic E-state index is 13.6. The second-order valence-electron chi connectivity index (χ2n) is 10.7. The Labute approximate surface area is 204 Å². The molecule has 0 bridgehead atoms. The molecule has 7 heteroatoms. The first kappa shape index (κ1) is 29.9. The largest absolute Gasteiger partial charge is 0.366 e. The number of unbranched alkanes of at least 4 members (excludes halogenated alkanes) is 1. The summed E-state index contributed by atoms with van der Waals surface area (Å²) in [5.74, 6) is -4.22. The molecule has 4 N–H and O–H groups in total. The van der Waals surface area contributed by atoms with Gasteiger partial charge in [-0.1, -0.05) is 39.5 Å². The average Bonchev–Trinajstić information content (AvgIpc) is 3.20. The van der Waals surface area contributed by atoms with Crippen molar-refractivity contribution in [2.45, 2.75) is 90.5 Å². The highest BCUT2D eigenvalue weighted by atomic mass is 16.5. The lowest BCUT2D eigenvalue weighted by Gasteiger charge is -2.36. The number of nitrogens with zero attached hydrogens (tertiary/aromatic N) is 1. The Morgan fingerprint density at radius 2 is 1.71 bits per heavy atom. The van der Waals surface area contributed by atoms with E-state index in [1.807, 2.05) is 20.8 Å². The molecule has 4 unspecified atom stereocenters. The fourth-order valence-corrected chi connectivity index (χ4v) is 4.44. The summed E-state index contributed by atoms with van der Waals surface area (Å²) >= 11 is 0. The molecule has 1 aliphatic rings. The quantitative estimate of drug-likeness (QED) is 0.153. The summed E-state index contributed by atoms with van der Waals surface area (Å²) < 4.78 is 0. The van der Waals surface area contributed by atoms with Crippen LogP contribution in [-0.4, -0.2) is 57.0 Å². The highest BCUT2D eigenvalue weighted by molar-refractivity contribution is 5.97. The van der Waals surface area contributed by atoms with Gasteiger partial charge in [0.1, 0.15) is 0 Å². The Kier molecular flexibility index (Phi) is 11.1. The first-order valence-corrected chi connectivity index (χ1v) is 12.1. The molecular weight excluding hydrogens is 432 g/mol. The van der Waals surface area contributed by atoms with Crippen LogP contribution in [0.2, 0.25) is 0 Å². The SMILES string of the molecule is C=CCCCC(=O)C(=C)C(CCC=C)CC(=O)C1C(C(C)(O)O)CCN1C(=O)C(N)C(C)(C)C. The van der Waals surface area contributed by atoms with Crippen LogP contribution in [0, 0.1) is 17.3 Å². The summed E-state index contributed by atoms with van der Waals surface area (Å²) in [6.45, 7) is 18.4. The van der Waals surface area contributed by atoms with Gasteiger partial charge in [-0.25, -0.2) is 0 Å². The third kappa shape index (κ3) is 8.00. The van der Waals surface area contributed by atoms with Crippen LogP contribution in [0.1, 0.15) is 72.6 Å². The third-order valence-electron chi connectivity index (χ3n) is 6.74. The molecule has 1 rings (SSSR count). The van der Waals surface area contributed by atoms with Gasteiger partial charge in [-0.3, -0.25) is 14.4 Å². The second kappa shape index (κ2) is 12.6. The first-order valence-electron chi connectivity index (χ1n) is 12.1. The van der Waals surface area contributed by atoms with Gasteiger partial charge in [0.15, 0.2) is 17.4 Å². The predicted molar refractivity (Wildman–Crippen MR) is 135 cm³/mol. The highest BCUT2D eigenvalue weighted by Gasteiger charge is 2.50. The van der Waals surface area contributed by atoms with Crippen molar-refractivity contribution in [2.24, 2.45) is 23.0 Å². The van der Waals surface area contributed by atoms with Crippen LogP contribution < -0.4 is 5.73 Å². The normalized spacial score (nSPS) is 20.5. The molecule has 0 aromatic heterocycles. The van der Waals surface area contributed by atoms with Crippen LogP contribution in [0.5, 0.6) is 0 Å². The zero-order valence-corrected chi connectivity index (χ0v) is 21.4. The van der Waals surface area contributed by atoms with Crippen LogP contribution in [0.3, 0.4) is 0 Å². The summed E-state index contributed by atoms with van der Waals surface area (Å²) in [5.41, 5.74) is 6.06. The Balaban J connectivity index is 3.19. The number of nitrogens with two attached hydrogens (primary N) is 1. The van der Waals surface area contributed by atoms with Crippen molar-refractivity contribution in [1.82, 2.24) is 4.90 Å². The monoisotopic (exact) mass is 476 g/mol. The van der Waals surface area contributed by atoms with Gasteiger partial charge in [0.05, 0.1) is 12.1 Å². The lowest BCUT2D eigenvalue weighted by atomic mass is 9.81. The molecule has 7 nitrogen and oxygen atoms in total. The van der Waals surface area contributed by atoms with Crippen molar-refractivity contribution in [2.75, 3.05) is 6.54 Å². The number of hydrogen-bond donors (Lipinski definition) is 3. The van der Waals surface area contributed by atoms with Gasteiger partial charge in [-0.05, 0) is 55.9 Å². The van der Waals surface area contributed by atoms with Gasteiger partial charge in [0.2, 0.25) is 5.91 Å². The number of carbonyl (C=O) groups excluding carboxylic acids is 3. The van der Waals surface area contributed by atoms with E-state index in [2.05, 4.69) is 19.7 Å². The summed E-state index contributed by atoms with van der Waals surface area (Å²) in [6, 6.07) is -1.88. The van der Waals surface area contributed by atoms with E-state index in [4.69, 9.17) is 5.73 Å². The molecule has 1 heterocycles. The Morgan fingerprint density at radius 3 is 2.21 bits per heavy atom. The lowest BCUT2D eigenvalue weighted by molar-refractivity contribution is -0.192. The molecule has 1 amide bonds. The number of amides is 1. The number of allylic oxidation sites excluding steroid dienone is 3. The first-order chi connectivity index (χ1) is 15.7. The predicted octanol–water partition coefficient (Wildman–Crippen LogP) is 3.30. The Morgan fingerprint density at radius 1 is 1.12 bits per heavy atom. The Bertz CT molecular complexity index is 775. The van der Waals surface area contributed by atoms with E-state index in [1.165, 1.54) is 11.8 Å². The molecule has 0 aromatic carbocycles. The summed E-state index contributed by atoms with van der Waals surface area (Å²) in [4.78, 5) is 40.9. The maximum absolute atomic E-state index is 13.6. The number of Topliss-reactive ketones (excluding diaryl/α,β-unsaturated/α-hetero) is 2. The van der Waals surface area contributed by atoms with E-state index in [9.17, 15) is 24.6 Å². The van der Waals surface area contributed by atoms with Gasteiger partial charge in [0.25, 0.3) is 0 Å². The van der Waals surface area contributed by atoms with Gasteiger partial charge in [-0.15, -0.1) is 13.2 Å². The van der Waals surface area contributed by atoms with Crippen LogP contribution >= 0.6 is 0 Å². The number of likely N-dealkylation sites (tertiary alicyclic amines) is 1. The number of rotatable bonds is 14. The fraction of sp³-hybridized carbons (Fsp3) is 0.667. The number of ketones is 2. The lowest BCUT2D eigenvalue weighted by Crippen LogP contribution is -2.56. The van der Waals surface area contributed by atoms with Gasteiger partial charge in [-0.2, -0.15) is 0 Å². The van der Waals surface area contributed by atoms with E-state index >= 15 is 0 Å². The van der Waals surface area contributed by atoms with Crippen molar-refractivity contribution in [3.8, 4) is 0 Å². The molecule has 4 atom stereocenters. The molecule has 0 aromatic rings. The second-order valence-corrected chi connectivity index (χ2v) is 10.7. The summed E-state index contributed by atoms with van der Waals surface area (Å²) in [6.07, 6.45) is 6.54. The standard InChI is InChI=1S/C27H44N2O5/c1-8-10-12-14-21(30)18(3)19(13-11-9-2)17-22(31)23-20(27(7,33)34)15-16-29(23)25(32)24(28)26(4,5)6/h8-9,19-20,23-24,33-34H,1-3,10-17,28H2,4-7H3. The number of aliphatic hydroxyl groups is 2. The molecule has 1 fully saturated rings. The van der Waals surface area contributed by atoms with Crippen LogP contribution in [0.15, 0.2) is 37.5 Å². The van der Waals surface area contributed by atoms with Gasteiger partial charge >= 0.3 is 0 Å². The number of carbonyl (C=O) groups is 3. The molecule has 1 saturated heterocycles. The summed E-state index contributed by atoms with van der Waals surface area (Å²) in [5, 5.41) is 20.7. The molecule has 1 aliphatic heterocycles. The van der Waals surface area contributed by atoms with E-state index in [1.54, 1.807) is 12.2 Å². The van der Waals surface area contributed by atoms with Crippen LogP contribution in [0.4, 0.5) is 0 Å². The minimum Gasteiger partial charge on any atom is -0.366 e. The zero-order valence-electron chi connectivity index (χ0n) is 21.4. The minimum atomic E-state index is -2.14. The molecule has 34 heavy (non-hydrogen) atoms. The maximum Gasteiger partial charge on any atom is 0.240 e. The Hall–Kier alpha value is -2.09. The molecule has 192 valence electrons. The smallest absolute Gasteiger partial charge is 0.240 e. The highest BCUT2D eigenvalue weighted by Crippen LogP contribution is 2.36. The third-order valence-corrected chi connectivity index (χ3v) is 6.74. The van der Waals surface area contributed by atoms with E-state index in [0.717, 1.165) is 6.42 Å². The van der Waals surface area contributed by atoms with Crippen molar-refractivity contribution in [1.29, 1.82) is 0 Å². The minimum absolute atomic E-state index is 0.0222. The summed E-state index contributed by atoms with van der Waals surface area (Å²) in [7, 11) is 0. The molecule has 0 spiro atoms. The molecule has 0 saturated carbocycles. The average molecular weight is 477 g/mol. The van der Waals surface area contributed by atoms with Crippen molar-refractivity contribution in [3.63, 3.8) is 0 Å². The van der Waals surface area contributed by atoms with Gasteiger partial charge in [0, 0.05) is 25.3 Å². The zero-order chi connectivity index (χ0) is 26.3. The van der Waals surface area contributed by atoms with E-state index in [0.29, 0.717) is 31.3 Å². The van der Waals surface area contributed by atoms with Crippen molar-refractivity contribution >= 4 is 17.5 Å².